The van der Waals surface area contributed by atoms with Crippen molar-refractivity contribution in [1.82, 2.24) is 0 Å². The number of rotatable bonds is 6. The van der Waals surface area contributed by atoms with Gasteiger partial charge in [0.25, 0.3) is 0 Å². The molecule has 0 fully saturated rings. The number of nitrogens with two attached hydrogens (primary N) is 1. The number of hydrogen-bond donors (Lipinski definition) is 1. The van der Waals surface area contributed by atoms with E-state index in [1.165, 1.54) is 0 Å². The zero-order valence-corrected chi connectivity index (χ0v) is 11.1. The first-order valence-corrected chi connectivity index (χ1v) is 6.49. The Labute approximate surface area is 114 Å². The van der Waals surface area contributed by atoms with Crippen LogP contribution in [0.4, 0.5) is 0 Å². The lowest BCUT2D eigenvalue weighted by Gasteiger charge is -2.08. The summed E-state index contributed by atoms with van der Waals surface area (Å²) in [5.74, 6) is 1.73. The molecule has 19 heavy (non-hydrogen) atoms. The lowest BCUT2D eigenvalue weighted by atomic mass is 10.1. The van der Waals surface area contributed by atoms with Crippen molar-refractivity contribution in [3.8, 4) is 22.6 Å². The van der Waals surface area contributed by atoms with Gasteiger partial charge in [-0.15, -0.1) is 0 Å². The third kappa shape index (κ3) is 3.73. The van der Waals surface area contributed by atoms with Crippen molar-refractivity contribution in [3.63, 3.8) is 0 Å². The van der Waals surface area contributed by atoms with Gasteiger partial charge in [0.15, 0.2) is 0 Å². The first kappa shape index (κ1) is 13.4. The second-order valence-electron chi connectivity index (χ2n) is 4.12. The highest BCUT2D eigenvalue weighted by Crippen LogP contribution is 2.25. The molecule has 0 aliphatic rings. The molecule has 0 saturated heterocycles. The van der Waals surface area contributed by atoms with E-state index >= 15 is 0 Å². The summed E-state index contributed by atoms with van der Waals surface area (Å²) in [7, 11) is 0. The summed E-state index contributed by atoms with van der Waals surface area (Å²) in [5, 5.41) is 0. The molecule has 0 amide bonds. The molecule has 0 radical (unpaired) electrons. The fourth-order valence-corrected chi connectivity index (χ4v) is 1.85. The summed E-state index contributed by atoms with van der Waals surface area (Å²) in [6, 6.07) is 16.1. The van der Waals surface area contributed by atoms with Crippen LogP contribution in [0, 0.1) is 0 Å². The molecule has 0 atom stereocenters. The highest BCUT2D eigenvalue weighted by atomic mass is 16.5. The molecule has 2 rings (SSSR count). The lowest BCUT2D eigenvalue weighted by Crippen LogP contribution is -2.10. The van der Waals surface area contributed by atoms with E-state index in [0.717, 1.165) is 22.6 Å². The van der Waals surface area contributed by atoms with Crippen LogP contribution in [0.15, 0.2) is 48.5 Å². The van der Waals surface area contributed by atoms with Gasteiger partial charge in [-0.25, -0.2) is 0 Å². The third-order valence-electron chi connectivity index (χ3n) is 2.72. The van der Waals surface area contributed by atoms with E-state index in [2.05, 4.69) is 6.07 Å². The minimum absolute atomic E-state index is 0.521. The first-order valence-electron chi connectivity index (χ1n) is 6.49. The van der Waals surface area contributed by atoms with E-state index in [1.54, 1.807) is 0 Å². The Hall–Kier alpha value is -2.00. The van der Waals surface area contributed by atoms with Gasteiger partial charge in [0.05, 0.1) is 6.61 Å². The van der Waals surface area contributed by atoms with Gasteiger partial charge in [0.2, 0.25) is 0 Å². The Morgan fingerprint density at radius 2 is 1.68 bits per heavy atom. The fourth-order valence-electron chi connectivity index (χ4n) is 1.85. The highest BCUT2D eigenvalue weighted by Gasteiger charge is 2.01. The van der Waals surface area contributed by atoms with E-state index in [0.29, 0.717) is 19.8 Å². The predicted octanol–water partition coefficient (Wildman–Crippen LogP) is 3.09. The molecule has 0 spiro atoms. The molecule has 0 saturated carbocycles. The van der Waals surface area contributed by atoms with Crippen LogP contribution >= 0.6 is 0 Å². The standard InChI is InChI=1S/C16H19NO2/c1-2-18-15-8-6-13(7-9-15)14-4-3-5-16(12-14)19-11-10-17/h3-9,12H,2,10-11,17H2,1H3. The molecule has 0 aliphatic heterocycles. The molecule has 0 bridgehead atoms. The molecule has 100 valence electrons. The molecule has 2 aromatic rings. The highest BCUT2D eigenvalue weighted by molar-refractivity contribution is 5.65. The third-order valence-corrected chi connectivity index (χ3v) is 2.72. The smallest absolute Gasteiger partial charge is 0.119 e. The van der Waals surface area contributed by atoms with Crippen LogP contribution in [0.2, 0.25) is 0 Å². The van der Waals surface area contributed by atoms with Crippen molar-refractivity contribution in [2.75, 3.05) is 19.8 Å². The minimum Gasteiger partial charge on any atom is -0.494 e. The van der Waals surface area contributed by atoms with E-state index in [9.17, 15) is 0 Å². The average molecular weight is 257 g/mol. The van der Waals surface area contributed by atoms with Gasteiger partial charge in [-0.2, -0.15) is 0 Å². The minimum atomic E-state index is 0.521. The largest absolute Gasteiger partial charge is 0.494 e. The average Bonchev–Trinajstić information content (AvgIpc) is 2.46. The predicted molar refractivity (Wildman–Crippen MR) is 77.6 cm³/mol. The van der Waals surface area contributed by atoms with Gasteiger partial charge < -0.3 is 15.2 Å². The molecular weight excluding hydrogens is 238 g/mol. The summed E-state index contributed by atoms with van der Waals surface area (Å²) in [4.78, 5) is 0. The summed E-state index contributed by atoms with van der Waals surface area (Å²) in [6.45, 7) is 3.72. The van der Waals surface area contributed by atoms with Gasteiger partial charge >= 0.3 is 0 Å². The lowest BCUT2D eigenvalue weighted by molar-refractivity contribution is 0.328. The van der Waals surface area contributed by atoms with Crippen molar-refractivity contribution >= 4 is 0 Å². The summed E-state index contributed by atoms with van der Waals surface area (Å²) < 4.78 is 11.0. The Morgan fingerprint density at radius 3 is 2.37 bits per heavy atom. The summed E-state index contributed by atoms with van der Waals surface area (Å²) >= 11 is 0. The molecule has 0 aromatic heterocycles. The van der Waals surface area contributed by atoms with Crippen molar-refractivity contribution < 1.29 is 9.47 Å². The van der Waals surface area contributed by atoms with Crippen LogP contribution in [-0.2, 0) is 0 Å². The maximum atomic E-state index is 5.53. The van der Waals surface area contributed by atoms with Gasteiger partial charge in [0, 0.05) is 6.54 Å². The summed E-state index contributed by atoms with van der Waals surface area (Å²) in [6.07, 6.45) is 0. The molecule has 3 heteroatoms. The van der Waals surface area contributed by atoms with Crippen LogP contribution in [0.25, 0.3) is 11.1 Å². The molecular formula is C16H19NO2. The molecule has 3 nitrogen and oxygen atoms in total. The van der Waals surface area contributed by atoms with Gasteiger partial charge in [-0.05, 0) is 42.3 Å². The first-order chi connectivity index (χ1) is 9.33. The Balaban J connectivity index is 2.16. The van der Waals surface area contributed by atoms with Crippen LogP contribution in [0.3, 0.4) is 0 Å². The van der Waals surface area contributed by atoms with Crippen LogP contribution in [-0.4, -0.2) is 19.8 Å². The number of hydrogen-bond acceptors (Lipinski definition) is 3. The molecule has 0 heterocycles. The van der Waals surface area contributed by atoms with Crippen molar-refractivity contribution in [3.05, 3.63) is 48.5 Å². The number of ether oxygens (including phenoxy) is 2. The maximum absolute atomic E-state index is 5.53. The van der Waals surface area contributed by atoms with Crippen LogP contribution < -0.4 is 15.2 Å². The normalized spacial score (nSPS) is 10.2. The zero-order valence-electron chi connectivity index (χ0n) is 11.1. The molecule has 2 aromatic carbocycles. The molecule has 0 unspecified atom stereocenters. The van der Waals surface area contributed by atoms with Gasteiger partial charge in [-0.1, -0.05) is 24.3 Å². The van der Waals surface area contributed by atoms with Gasteiger partial charge in [0.1, 0.15) is 18.1 Å². The van der Waals surface area contributed by atoms with Crippen molar-refractivity contribution in [2.45, 2.75) is 6.92 Å². The summed E-state index contributed by atoms with van der Waals surface area (Å²) in [5.41, 5.74) is 7.69. The van der Waals surface area contributed by atoms with E-state index in [1.807, 2.05) is 49.4 Å². The fraction of sp³-hybridized carbons (Fsp3) is 0.250. The van der Waals surface area contributed by atoms with E-state index in [-0.39, 0.29) is 0 Å². The zero-order chi connectivity index (χ0) is 13.5. The molecule has 2 N–H and O–H groups in total. The Kier molecular flexibility index (Phi) is 4.81. The quantitative estimate of drug-likeness (QED) is 0.865. The second kappa shape index (κ2) is 6.81. The number of benzene rings is 2. The maximum Gasteiger partial charge on any atom is 0.119 e. The van der Waals surface area contributed by atoms with Crippen molar-refractivity contribution in [1.29, 1.82) is 0 Å². The van der Waals surface area contributed by atoms with Gasteiger partial charge in [-0.3, -0.25) is 0 Å². The SMILES string of the molecule is CCOc1ccc(-c2cccc(OCCN)c2)cc1. The van der Waals surface area contributed by atoms with Crippen molar-refractivity contribution in [2.24, 2.45) is 5.73 Å². The Morgan fingerprint density at radius 1 is 0.895 bits per heavy atom. The topological polar surface area (TPSA) is 44.5 Å². The Bertz CT molecular complexity index is 508. The second-order valence-corrected chi connectivity index (χ2v) is 4.12. The monoisotopic (exact) mass is 257 g/mol. The molecule has 0 aliphatic carbocycles. The van der Waals surface area contributed by atoms with Crippen LogP contribution in [0.1, 0.15) is 6.92 Å². The van der Waals surface area contributed by atoms with E-state index in [4.69, 9.17) is 15.2 Å². The van der Waals surface area contributed by atoms with E-state index < -0.39 is 0 Å². The van der Waals surface area contributed by atoms with Crippen LogP contribution in [0.5, 0.6) is 11.5 Å².